The SMILES string of the molecule is O=C(O)C[C@H]1SC(=NC(=O)c2ccccc2)N(c2ccccc2Cl)C1=O. The van der Waals surface area contributed by atoms with Crippen LogP contribution in [0, 0.1) is 0 Å². The number of aliphatic carboxylic acids is 1. The number of amidine groups is 1. The van der Waals surface area contributed by atoms with Crippen molar-refractivity contribution in [1.29, 1.82) is 0 Å². The van der Waals surface area contributed by atoms with Crippen LogP contribution in [0.4, 0.5) is 5.69 Å². The minimum absolute atomic E-state index is 0.114. The number of rotatable bonds is 4. The van der Waals surface area contributed by atoms with Crippen molar-refractivity contribution in [3.05, 3.63) is 65.2 Å². The Labute approximate surface area is 158 Å². The van der Waals surface area contributed by atoms with Crippen molar-refractivity contribution in [2.24, 2.45) is 4.99 Å². The lowest BCUT2D eigenvalue weighted by molar-refractivity contribution is -0.138. The second-order valence-corrected chi connectivity index (χ2v) is 6.97. The van der Waals surface area contributed by atoms with Crippen molar-refractivity contribution < 1.29 is 19.5 Å². The molecule has 0 aliphatic carbocycles. The zero-order chi connectivity index (χ0) is 18.7. The second-order valence-electron chi connectivity index (χ2n) is 5.39. The van der Waals surface area contributed by atoms with Crippen LogP contribution in [0.2, 0.25) is 5.02 Å². The zero-order valence-electron chi connectivity index (χ0n) is 13.3. The van der Waals surface area contributed by atoms with E-state index in [1.807, 2.05) is 0 Å². The Hall–Kier alpha value is -2.64. The summed E-state index contributed by atoms with van der Waals surface area (Å²) in [6.45, 7) is 0. The topological polar surface area (TPSA) is 87.0 Å². The number of hydrogen-bond donors (Lipinski definition) is 1. The molecule has 26 heavy (non-hydrogen) atoms. The molecule has 0 unspecified atom stereocenters. The molecule has 2 aromatic carbocycles. The summed E-state index contributed by atoms with van der Waals surface area (Å²) >= 11 is 7.13. The molecule has 1 fully saturated rings. The molecule has 1 atom stereocenters. The number of carboxylic acid groups (broad SMARTS) is 1. The van der Waals surface area contributed by atoms with Gasteiger partial charge in [0.15, 0.2) is 5.17 Å². The van der Waals surface area contributed by atoms with Crippen LogP contribution in [-0.4, -0.2) is 33.3 Å². The second kappa shape index (κ2) is 7.72. The van der Waals surface area contributed by atoms with E-state index >= 15 is 0 Å². The third-order valence-corrected chi connectivity index (χ3v) is 5.06. The number of anilines is 1. The number of amides is 2. The molecular formula is C18H13ClN2O4S. The van der Waals surface area contributed by atoms with Gasteiger partial charge in [0.25, 0.3) is 5.91 Å². The predicted octanol–water partition coefficient (Wildman–Crippen LogP) is 3.46. The number of hydrogen-bond acceptors (Lipinski definition) is 4. The number of aliphatic imine (C=N–C) groups is 1. The first kappa shape index (κ1) is 18.2. The summed E-state index contributed by atoms with van der Waals surface area (Å²) in [4.78, 5) is 41.4. The summed E-state index contributed by atoms with van der Waals surface area (Å²) in [5, 5.41) is 8.58. The Morgan fingerprint density at radius 2 is 1.77 bits per heavy atom. The normalized spacial score (nSPS) is 18.3. The summed E-state index contributed by atoms with van der Waals surface area (Å²) in [5.41, 5.74) is 0.730. The Morgan fingerprint density at radius 3 is 2.42 bits per heavy atom. The Bertz CT molecular complexity index is 901. The van der Waals surface area contributed by atoms with E-state index in [1.165, 1.54) is 4.90 Å². The number of nitrogens with zero attached hydrogens (tertiary/aromatic N) is 2. The third-order valence-electron chi connectivity index (χ3n) is 3.61. The lowest BCUT2D eigenvalue weighted by atomic mass is 10.2. The van der Waals surface area contributed by atoms with Crippen LogP contribution in [0.15, 0.2) is 59.6 Å². The molecular weight excluding hydrogens is 376 g/mol. The first-order chi connectivity index (χ1) is 12.5. The zero-order valence-corrected chi connectivity index (χ0v) is 14.9. The highest BCUT2D eigenvalue weighted by atomic mass is 35.5. The molecule has 0 aromatic heterocycles. The first-order valence-electron chi connectivity index (χ1n) is 7.62. The molecule has 0 bridgehead atoms. The van der Waals surface area contributed by atoms with Gasteiger partial charge in [0, 0.05) is 5.56 Å². The number of thioether (sulfide) groups is 1. The smallest absolute Gasteiger partial charge is 0.305 e. The molecule has 1 saturated heterocycles. The number of carboxylic acids is 1. The van der Waals surface area contributed by atoms with Gasteiger partial charge in [-0.3, -0.25) is 19.3 Å². The summed E-state index contributed by atoms with van der Waals surface area (Å²) in [7, 11) is 0. The minimum Gasteiger partial charge on any atom is -0.481 e. The maximum Gasteiger partial charge on any atom is 0.305 e. The number of halogens is 1. The van der Waals surface area contributed by atoms with E-state index in [4.69, 9.17) is 16.7 Å². The number of para-hydroxylation sites is 1. The Balaban J connectivity index is 2.01. The van der Waals surface area contributed by atoms with Gasteiger partial charge in [0.05, 0.1) is 17.1 Å². The van der Waals surface area contributed by atoms with Gasteiger partial charge in [-0.25, -0.2) is 0 Å². The van der Waals surface area contributed by atoms with Crippen LogP contribution in [0.1, 0.15) is 16.8 Å². The molecule has 2 amide bonds. The van der Waals surface area contributed by atoms with Crippen LogP contribution in [0.3, 0.4) is 0 Å². The lowest BCUT2D eigenvalue weighted by Crippen LogP contribution is -2.33. The number of benzene rings is 2. The van der Waals surface area contributed by atoms with Crippen molar-refractivity contribution in [1.82, 2.24) is 0 Å². The van der Waals surface area contributed by atoms with Crippen LogP contribution in [-0.2, 0) is 9.59 Å². The monoisotopic (exact) mass is 388 g/mol. The van der Waals surface area contributed by atoms with Crippen LogP contribution in [0.25, 0.3) is 0 Å². The van der Waals surface area contributed by atoms with Crippen LogP contribution in [0.5, 0.6) is 0 Å². The van der Waals surface area contributed by atoms with Gasteiger partial charge in [-0.1, -0.05) is 53.7 Å². The third kappa shape index (κ3) is 3.79. The maximum absolute atomic E-state index is 12.7. The standard InChI is InChI=1S/C18H13ClN2O4S/c19-12-8-4-5-9-13(12)21-17(25)14(10-15(22)23)26-18(21)20-16(24)11-6-2-1-3-7-11/h1-9,14H,10H2,(H,22,23)/t14-/m1/s1. The van der Waals surface area contributed by atoms with Gasteiger partial charge in [0.2, 0.25) is 5.91 Å². The van der Waals surface area contributed by atoms with Crippen molar-refractivity contribution >= 4 is 52.0 Å². The van der Waals surface area contributed by atoms with Crippen LogP contribution >= 0.6 is 23.4 Å². The molecule has 6 nitrogen and oxygen atoms in total. The minimum atomic E-state index is -1.11. The molecule has 8 heteroatoms. The van der Waals surface area contributed by atoms with Gasteiger partial charge >= 0.3 is 5.97 Å². The molecule has 3 rings (SSSR count). The van der Waals surface area contributed by atoms with Crippen molar-refractivity contribution in [3.8, 4) is 0 Å². The van der Waals surface area contributed by atoms with E-state index in [0.29, 0.717) is 16.3 Å². The fraction of sp³-hybridized carbons (Fsp3) is 0.111. The largest absolute Gasteiger partial charge is 0.481 e. The quantitative estimate of drug-likeness (QED) is 0.866. The van der Waals surface area contributed by atoms with Gasteiger partial charge in [-0.15, -0.1) is 0 Å². The molecule has 1 aliphatic heterocycles. The highest BCUT2D eigenvalue weighted by molar-refractivity contribution is 8.16. The average Bonchev–Trinajstić information content (AvgIpc) is 2.91. The summed E-state index contributed by atoms with van der Waals surface area (Å²) in [5.74, 6) is -2.09. The molecule has 1 N–H and O–H groups in total. The lowest BCUT2D eigenvalue weighted by Gasteiger charge is -2.17. The van der Waals surface area contributed by atoms with Gasteiger partial charge in [-0.05, 0) is 24.3 Å². The van der Waals surface area contributed by atoms with Crippen molar-refractivity contribution in [2.45, 2.75) is 11.7 Å². The van der Waals surface area contributed by atoms with Crippen LogP contribution < -0.4 is 4.90 Å². The summed E-state index contributed by atoms with van der Waals surface area (Å²) < 4.78 is 0. The first-order valence-corrected chi connectivity index (χ1v) is 8.88. The molecule has 0 radical (unpaired) electrons. The highest BCUT2D eigenvalue weighted by Gasteiger charge is 2.41. The van der Waals surface area contributed by atoms with E-state index < -0.39 is 23.0 Å². The van der Waals surface area contributed by atoms with E-state index in [9.17, 15) is 14.4 Å². The number of carbonyl (C=O) groups excluding carboxylic acids is 2. The highest BCUT2D eigenvalue weighted by Crippen LogP contribution is 2.37. The van der Waals surface area contributed by atoms with Crippen molar-refractivity contribution in [2.75, 3.05) is 4.90 Å². The molecule has 0 saturated carbocycles. The fourth-order valence-corrected chi connectivity index (χ4v) is 3.76. The molecule has 0 spiro atoms. The average molecular weight is 389 g/mol. The fourth-order valence-electron chi connectivity index (χ4n) is 2.42. The predicted molar refractivity (Wildman–Crippen MR) is 101 cm³/mol. The van der Waals surface area contributed by atoms with Gasteiger partial charge in [-0.2, -0.15) is 4.99 Å². The Morgan fingerprint density at radius 1 is 1.12 bits per heavy atom. The summed E-state index contributed by atoms with van der Waals surface area (Å²) in [6.07, 6.45) is -0.372. The van der Waals surface area contributed by atoms with Gasteiger partial charge in [0.1, 0.15) is 5.25 Å². The maximum atomic E-state index is 12.7. The van der Waals surface area contributed by atoms with E-state index in [1.54, 1.807) is 54.6 Å². The summed E-state index contributed by atoms with van der Waals surface area (Å²) in [6, 6.07) is 15.0. The van der Waals surface area contributed by atoms with E-state index in [2.05, 4.69) is 4.99 Å². The van der Waals surface area contributed by atoms with E-state index in [0.717, 1.165) is 11.8 Å². The number of carbonyl (C=O) groups is 3. The van der Waals surface area contributed by atoms with Crippen molar-refractivity contribution in [3.63, 3.8) is 0 Å². The Kier molecular flexibility index (Phi) is 5.39. The van der Waals surface area contributed by atoms with E-state index in [-0.39, 0.29) is 11.6 Å². The molecule has 1 heterocycles. The molecule has 1 aliphatic rings. The van der Waals surface area contributed by atoms with Gasteiger partial charge < -0.3 is 5.11 Å². The molecule has 2 aromatic rings. The molecule has 132 valence electrons.